The van der Waals surface area contributed by atoms with Gasteiger partial charge in [-0.3, -0.25) is 10.1 Å². The van der Waals surface area contributed by atoms with E-state index in [9.17, 15) is 19.6 Å². The fourth-order valence-electron chi connectivity index (χ4n) is 1.31. The molecule has 0 aliphatic heterocycles. The second-order valence-electron chi connectivity index (χ2n) is 3.53. The molecule has 8 heteroatoms. The Morgan fingerprint density at radius 3 is 2.89 bits per heavy atom. The van der Waals surface area contributed by atoms with E-state index in [1.54, 1.807) is 0 Å². The van der Waals surface area contributed by atoms with Crippen LogP contribution in [0.1, 0.15) is 0 Å². The van der Waals surface area contributed by atoms with Gasteiger partial charge in [-0.05, 0) is 22.0 Å². The molecule has 1 unspecified atom stereocenters. The first-order valence-corrected chi connectivity index (χ1v) is 5.79. The Morgan fingerprint density at radius 2 is 2.33 bits per heavy atom. The van der Waals surface area contributed by atoms with E-state index < -0.39 is 16.8 Å². The van der Waals surface area contributed by atoms with Crippen molar-refractivity contribution < 1.29 is 19.2 Å². The van der Waals surface area contributed by atoms with E-state index in [0.29, 0.717) is 0 Å². The van der Waals surface area contributed by atoms with Gasteiger partial charge in [-0.25, -0.2) is 4.39 Å². The number of rotatable bonds is 6. The summed E-state index contributed by atoms with van der Waals surface area (Å²) < 4.78 is 18.0. The van der Waals surface area contributed by atoms with E-state index >= 15 is 0 Å². The number of anilines is 1. The molecule has 6 nitrogen and oxygen atoms in total. The molecule has 1 aromatic carbocycles. The molecule has 0 aliphatic carbocycles. The molecule has 18 heavy (non-hydrogen) atoms. The number of benzene rings is 1. The highest BCUT2D eigenvalue weighted by Crippen LogP contribution is 2.30. The van der Waals surface area contributed by atoms with Crippen LogP contribution < -0.4 is 5.32 Å². The molecule has 0 amide bonds. The third-order valence-electron chi connectivity index (χ3n) is 2.12. The quantitative estimate of drug-likeness (QED) is 0.617. The molecule has 0 spiro atoms. The van der Waals surface area contributed by atoms with Crippen LogP contribution in [0.25, 0.3) is 0 Å². The first kappa shape index (κ1) is 14.8. The molecule has 100 valence electrons. The molecule has 0 saturated carbocycles. The number of nitrogens with zero attached hydrogens (tertiary/aromatic N) is 1. The normalized spacial score (nSPS) is 12.2. The minimum atomic E-state index is -0.807. The molecular formula is C10H12BrFN2O4. The van der Waals surface area contributed by atoms with Crippen LogP contribution in [0.5, 0.6) is 0 Å². The van der Waals surface area contributed by atoms with Gasteiger partial charge in [0.05, 0.1) is 28.2 Å². The fraction of sp³-hybridized carbons (Fsp3) is 0.400. The minimum Gasteiger partial charge on any atom is -0.389 e. The van der Waals surface area contributed by atoms with Crippen molar-refractivity contribution in [3.8, 4) is 0 Å². The topological polar surface area (TPSA) is 84.6 Å². The average molecular weight is 323 g/mol. The number of aliphatic hydroxyl groups excluding tert-OH is 1. The van der Waals surface area contributed by atoms with Gasteiger partial charge in [0.2, 0.25) is 0 Å². The molecule has 0 bridgehead atoms. The van der Waals surface area contributed by atoms with Crippen molar-refractivity contribution in [2.45, 2.75) is 6.10 Å². The predicted molar refractivity (Wildman–Crippen MR) is 67.1 cm³/mol. The Hall–Kier alpha value is -1.25. The maximum Gasteiger partial charge on any atom is 0.295 e. The molecule has 1 rings (SSSR count). The van der Waals surface area contributed by atoms with Crippen molar-refractivity contribution in [3.63, 3.8) is 0 Å². The molecular weight excluding hydrogens is 311 g/mol. The first-order valence-electron chi connectivity index (χ1n) is 5.00. The van der Waals surface area contributed by atoms with E-state index in [4.69, 9.17) is 4.74 Å². The molecule has 1 aromatic rings. The van der Waals surface area contributed by atoms with E-state index in [1.165, 1.54) is 13.2 Å². The van der Waals surface area contributed by atoms with Gasteiger partial charge in [-0.1, -0.05) is 0 Å². The number of nitro benzene ring substituents is 1. The first-order chi connectivity index (χ1) is 8.45. The Bertz CT molecular complexity index is 444. The lowest BCUT2D eigenvalue weighted by molar-refractivity contribution is -0.384. The smallest absolute Gasteiger partial charge is 0.295 e. The summed E-state index contributed by atoms with van der Waals surface area (Å²) in [5, 5.41) is 22.9. The standard InChI is InChI=1S/C10H12BrFN2O4/c1-18-5-6(15)4-13-9-2-7(11)8(12)3-10(9)14(16)17/h2-3,6,13,15H,4-5H2,1H3. The third-order valence-corrected chi connectivity index (χ3v) is 2.73. The molecule has 1 atom stereocenters. The Kier molecular flexibility index (Phi) is 5.45. The highest BCUT2D eigenvalue weighted by molar-refractivity contribution is 9.10. The number of halogens is 2. The summed E-state index contributed by atoms with van der Waals surface area (Å²) >= 11 is 2.94. The van der Waals surface area contributed by atoms with Crippen molar-refractivity contribution in [1.82, 2.24) is 0 Å². The van der Waals surface area contributed by atoms with E-state index in [2.05, 4.69) is 21.2 Å². The molecule has 0 heterocycles. The zero-order valence-corrected chi connectivity index (χ0v) is 11.1. The molecule has 0 radical (unpaired) electrons. The number of methoxy groups -OCH3 is 1. The highest BCUT2D eigenvalue weighted by Gasteiger charge is 2.18. The van der Waals surface area contributed by atoms with Crippen LogP contribution in [0.2, 0.25) is 0 Å². The second kappa shape index (κ2) is 6.62. The van der Waals surface area contributed by atoms with Crippen LogP contribution in [-0.2, 0) is 4.74 Å². The highest BCUT2D eigenvalue weighted by atomic mass is 79.9. The van der Waals surface area contributed by atoms with Gasteiger partial charge >= 0.3 is 0 Å². The number of nitro groups is 1. The maximum atomic E-state index is 13.2. The van der Waals surface area contributed by atoms with E-state index in [0.717, 1.165) is 6.07 Å². The van der Waals surface area contributed by atoms with E-state index in [-0.39, 0.29) is 29.0 Å². The Morgan fingerprint density at radius 1 is 1.67 bits per heavy atom. The Balaban J connectivity index is 2.86. The summed E-state index contributed by atoms with van der Waals surface area (Å²) in [7, 11) is 1.43. The number of nitrogens with one attached hydrogen (secondary N) is 1. The number of ether oxygens (including phenoxy) is 1. The number of aliphatic hydroxyl groups is 1. The summed E-state index contributed by atoms with van der Waals surface area (Å²) in [6, 6.07) is 2.07. The monoisotopic (exact) mass is 322 g/mol. The number of hydrogen-bond acceptors (Lipinski definition) is 5. The predicted octanol–water partition coefficient (Wildman–Crippen LogP) is 1.92. The third kappa shape index (κ3) is 3.90. The summed E-state index contributed by atoms with van der Waals surface area (Å²) in [4.78, 5) is 10.1. The molecule has 0 saturated heterocycles. The number of hydrogen-bond donors (Lipinski definition) is 2. The molecule has 0 fully saturated rings. The minimum absolute atomic E-state index is 0.0623. The van der Waals surface area contributed by atoms with Gasteiger partial charge in [-0.15, -0.1) is 0 Å². The van der Waals surface area contributed by atoms with Crippen molar-refractivity contribution in [2.24, 2.45) is 0 Å². The average Bonchev–Trinajstić information content (AvgIpc) is 2.30. The summed E-state index contributed by atoms with van der Waals surface area (Å²) in [6.45, 7) is 0.163. The van der Waals surface area contributed by atoms with Crippen LogP contribution >= 0.6 is 15.9 Å². The van der Waals surface area contributed by atoms with Crippen molar-refractivity contribution in [1.29, 1.82) is 0 Å². The molecule has 0 aliphatic rings. The fourth-order valence-corrected chi connectivity index (χ4v) is 1.65. The lowest BCUT2D eigenvalue weighted by Gasteiger charge is -2.12. The summed E-state index contributed by atoms with van der Waals surface area (Å²) in [5.74, 6) is -0.718. The van der Waals surface area contributed by atoms with Gasteiger partial charge in [0, 0.05) is 13.7 Å². The lowest BCUT2D eigenvalue weighted by atomic mass is 10.2. The van der Waals surface area contributed by atoms with Crippen LogP contribution in [0.4, 0.5) is 15.8 Å². The SMILES string of the molecule is COCC(O)CNc1cc(Br)c(F)cc1[N+](=O)[O-]. The van der Waals surface area contributed by atoms with Gasteiger partial charge in [-0.2, -0.15) is 0 Å². The van der Waals surface area contributed by atoms with Crippen LogP contribution in [0, 0.1) is 15.9 Å². The molecule has 0 aromatic heterocycles. The second-order valence-corrected chi connectivity index (χ2v) is 4.38. The van der Waals surface area contributed by atoms with Crippen molar-refractivity contribution >= 4 is 27.3 Å². The van der Waals surface area contributed by atoms with E-state index in [1.807, 2.05) is 0 Å². The van der Waals surface area contributed by atoms with Gasteiger partial charge in [0.15, 0.2) is 0 Å². The summed E-state index contributed by atoms with van der Waals surface area (Å²) in [6.07, 6.45) is -0.807. The maximum absolute atomic E-state index is 13.2. The Labute approximate surface area is 111 Å². The van der Waals surface area contributed by atoms with Gasteiger partial charge in [0.25, 0.3) is 5.69 Å². The van der Waals surface area contributed by atoms with Crippen LogP contribution in [0.3, 0.4) is 0 Å². The van der Waals surface area contributed by atoms with Gasteiger partial charge < -0.3 is 15.2 Å². The summed E-state index contributed by atoms with van der Waals surface area (Å²) in [5.41, 5.74) is -0.260. The van der Waals surface area contributed by atoms with Crippen molar-refractivity contribution in [2.75, 3.05) is 25.6 Å². The lowest BCUT2D eigenvalue weighted by Crippen LogP contribution is -2.24. The zero-order valence-electron chi connectivity index (χ0n) is 9.52. The largest absolute Gasteiger partial charge is 0.389 e. The van der Waals surface area contributed by atoms with Crippen molar-refractivity contribution in [3.05, 3.63) is 32.5 Å². The van der Waals surface area contributed by atoms with Crippen LogP contribution in [0.15, 0.2) is 16.6 Å². The molecule has 2 N–H and O–H groups in total. The van der Waals surface area contributed by atoms with Crippen LogP contribution in [-0.4, -0.2) is 36.4 Å². The zero-order chi connectivity index (χ0) is 13.7. The van der Waals surface area contributed by atoms with Gasteiger partial charge in [0.1, 0.15) is 11.5 Å².